The van der Waals surface area contributed by atoms with Gasteiger partial charge in [-0.1, -0.05) is 42.1 Å². The number of Topliss-reactive ketones (excluding diaryl/α,β-unsaturated/α-hetero) is 1. The molecule has 0 aliphatic carbocycles. The van der Waals surface area contributed by atoms with E-state index in [-0.39, 0.29) is 11.7 Å². The van der Waals surface area contributed by atoms with E-state index in [9.17, 15) is 9.59 Å². The van der Waals surface area contributed by atoms with Crippen molar-refractivity contribution in [3.05, 3.63) is 87.8 Å². The molecule has 212 valence electrons. The minimum atomic E-state index is -0.107. The number of ether oxygens (including phenoxy) is 2. The lowest BCUT2D eigenvalue weighted by molar-refractivity contribution is -0.122. The van der Waals surface area contributed by atoms with Gasteiger partial charge in [0, 0.05) is 37.2 Å². The molecule has 0 unspecified atom stereocenters. The van der Waals surface area contributed by atoms with Gasteiger partial charge in [0.1, 0.15) is 17.3 Å². The Morgan fingerprint density at radius 2 is 1.83 bits per heavy atom. The van der Waals surface area contributed by atoms with Crippen molar-refractivity contribution < 1.29 is 19.1 Å². The molecular formula is C31H32N4O4S2. The van der Waals surface area contributed by atoms with Gasteiger partial charge in [0.05, 0.1) is 35.2 Å². The molecule has 0 bridgehead atoms. The zero-order chi connectivity index (χ0) is 28.9. The van der Waals surface area contributed by atoms with Crippen LogP contribution in [-0.4, -0.2) is 55.7 Å². The van der Waals surface area contributed by atoms with E-state index < -0.39 is 0 Å². The molecule has 0 saturated carbocycles. The van der Waals surface area contributed by atoms with Crippen molar-refractivity contribution in [2.75, 3.05) is 44.1 Å². The number of hydrogen-bond acceptors (Lipinski definition) is 9. The number of amidine groups is 1. The van der Waals surface area contributed by atoms with Crippen LogP contribution in [0.2, 0.25) is 0 Å². The zero-order valence-electron chi connectivity index (χ0n) is 23.5. The maximum atomic E-state index is 14.0. The second-order valence-corrected chi connectivity index (χ2v) is 11.5. The first-order valence-electron chi connectivity index (χ1n) is 13.3. The predicted octanol–water partition coefficient (Wildman–Crippen LogP) is 6.52. The SMILES string of the molecule is CCNc1ccc(C(C)=O)cc1N=C1SC(=C2Sc3ccc(OCCOC)cc3N2C)C(=O)N1Cc1ccccc1. The number of carbonyl (C=O) groups excluding carboxylic acids is 2. The fourth-order valence-corrected chi connectivity index (χ4v) is 6.78. The number of methoxy groups -OCH3 is 1. The van der Waals surface area contributed by atoms with E-state index in [2.05, 4.69) is 5.32 Å². The number of thioether (sulfide) groups is 2. The second kappa shape index (κ2) is 12.8. The van der Waals surface area contributed by atoms with Crippen LogP contribution in [0.3, 0.4) is 0 Å². The molecule has 0 spiro atoms. The third-order valence-corrected chi connectivity index (χ3v) is 9.02. The Kier molecular flexibility index (Phi) is 9.02. The maximum Gasteiger partial charge on any atom is 0.269 e. The Labute approximate surface area is 248 Å². The molecule has 0 radical (unpaired) electrons. The van der Waals surface area contributed by atoms with E-state index in [0.717, 1.165) is 32.6 Å². The van der Waals surface area contributed by atoms with Crippen LogP contribution in [0.1, 0.15) is 29.8 Å². The summed E-state index contributed by atoms with van der Waals surface area (Å²) in [6.45, 7) is 5.59. The van der Waals surface area contributed by atoms with Crippen LogP contribution in [0.5, 0.6) is 5.75 Å². The third-order valence-electron chi connectivity index (χ3n) is 6.59. The van der Waals surface area contributed by atoms with E-state index in [1.54, 1.807) is 35.9 Å². The largest absolute Gasteiger partial charge is 0.491 e. The molecule has 1 amide bonds. The van der Waals surface area contributed by atoms with Gasteiger partial charge in [-0.3, -0.25) is 14.5 Å². The molecule has 5 rings (SSSR count). The number of nitrogens with one attached hydrogen (secondary N) is 1. The van der Waals surface area contributed by atoms with Crippen LogP contribution in [-0.2, 0) is 16.1 Å². The van der Waals surface area contributed by atoms with Crippen molar-refractivity contribution in [3.8, 4) is 5.75 Å². The number of aliphatic imine (C=N–C) groups is 1. The Morgan fingerprint density at radius 3 is 2.56 bits per heavy atom. The van der Waals surface area contributed by atoms with Crippen molar-refractivity contribution in [2.45, 2.75) is 25.3 Å². The Hall–Kier alpha value is -3.73. The quantitative estimate of drug-likeness (QED) is 0.163. The van der Waals surface area contributed by atoms with Gasteiger partial charge < -0.3 is 19.7 Å². The summed E-state index contributed by atoms with van der Waals surface area (Å²) in [5, 5.41) is 4.73. The zero-order valence-corrected chi connectivity index (χ0v) is 25.1. The number of ketones is 1. The van der Waals surface area contributed by atoms with E-state index >= 15 is 0 Å². The third kappa shape index (κ3) is 6.29. The van der Waals surface area contributed by atoms with Gasteiger partial charge in [0.25, 0.3) is 5.91 Å². The monoisotopic (exact) mass is 588 g/mol. The summed E-state index contributed by atoms with van der Waals surface area (Å²) in [5.41, 5.74) is 3.97. The smallest absolute Gasteiger partial charge is 0.269 e. The molecule has 10 heteroatoms. The van der Waals surface area contributed by atoms with Gasteiger partial charge in [-0.05, 0) is 61.5 Å². The van der Waals surface area contributed by atoms with Crippen molar-refractivity contribution in [3.63, 3.8) is 0 Å². The summed E-state index contributed by atoms with van der Waals surface area (Å²) in [5.74, 6) is 0.601. The minimum absolute atomic E-state index is 0.0408. The van der Waals surface area contributed by atoms with E-state index in [1.807, 2.05) is 73.5 Å². The van der Waals surface area contributed by atoms with E-state index in [4.69, 9.17) is 14.5 Å². The van der Waals surface area contributed by atoms with E-state index in [1.165, 1.54) is 18.7 Å². The fraction of sp³-hybridized carbons (Fsp3) is 0.258. The average Bonchev–Trinajstić information content (AvgIpc) is 3.45. The summed E-state index contributed by atoms with van der Waals surface area (Å²) in [4.78, 5) is 36.6. The van der Waals surface area contributed by atoms with Crippen LogP contribution in [0.25, 0.3) is 0 Å². The highest BCUT2D eigenvalue weighted by Gasteiger charge is 2.39. The Morgan fingerprint density at radius 1 is 1.02 bits per heavy atom. The lowest BCUT2D eigenvalue weighted by Gasteiger charge is -2.17. The molecule has 41 heavy (non-hydrogen) atoms. The van der Waals surface area contributed by atoms with Gasteiger partial charge in [0.15, 0.2) is 11.0 Å². The summed E-state index contributed by atoms with van der Waals surface area (Å²) >= 11 is 2.92. The minimum Gasteiger partial charge on any atom is -0.491 e. The summed E-state index contributed by atoms with van der Waals surface area (Å²) in [6, 6.07) is 21.3. The second-order valence-electron chi connectivity index (χ2n) is 9.46. The fourth-order valence-electron chi connectivity index (χ4n) is 4.47. The van der Waals surface area contributed by atoms with Gasteiger partial charge in [0.2, 0.25) is 0 Å². The number of rotatable bonds is 10. The summed E-state index contributed by atoms with van der Waals surface area (Å²) in [7, 11) is 3.61. The lowest BCUT2D eigenvalue weighted by atomic mass is 10.1. The first-order chi connectivity index (χ1) is 19.9. The van der Waals surface area contributed by atoms with E-state index in [0.29, 0.717) is 47.6 Å². The maximum absolute atomic E-state index is 14.0. The van der Waals surface area contributed by atoms with Crippen LogP contribution >= 0.6 is 23.5 Å². The number of fused-ring (bicyclic) bond motifs is 1. The molecule has 3 aromatic carbocycles. The van der Waals surface area contributed by atoms with Gasteiger partial charge in [-0.25, -0.2) is 4.99 Å². The van der Waals surface area contributed by atoms with Crippen molar-refractivity contribution in [1.82, 2.24) is 4.90 Å². The molecule has 2 aliphatic heterocycles. The van der Waals surface area contributed by atoms with Crippen LogP contribution in [0.4, 0.5) is 17.1 Å². The van der Waals surface area contributed by atoms with Crippen LogP contribution in [0.15, 0.2) is 86.6 Å². The predicted molar refractivity (Wildman–Crippen MR) is 167 cm³/mol. The molecule has 0 atom stereocenters. The van der Waals surface area contributed by atoms with Crippen molar-refractivity contribution in [2.24, 2.45) is 4.99 Å². The van der Waals surface area contributed by atoms with Crippen molar-refractivity contribution in [1.29, 1.82) is 0 Å². The molecule has 0 aromatic heterocycles. The molecule has 1 saturated heterocycles. The molecule has 1 fully saturated rings. The summed E-state index contributed by atoms with van der Waals surface area (Å²) in [6.07, 6.45) is 0. The number of anilines is 2. The number of nitrogens with zero attached hydrogens (tertiary/aromatic N) is 3. The van der Waals surface area contributed by atoms with Gasteiger partial charge in [-0.15, -0.1) is 0 Å². The van der Waals surface area contributed by atoms with Crippen molar-refractivity contribution >= 4 is 57.4 Å². The average molecular weight is 589 g/mol. The molecule has 2 aliphatic rings. The molecule has 3 aromatic rings. The number of benzene rings is 3. The highest BCUT2D eigenvalue weighted by Crippen LogP contribution is 2.51. The Balaban J connectivity index is 1.54. The number of amides is 1. The van der Waals surface area contributed by atoms with Gasteiger partial charge in [-0.2, -0.15) is 0 Å². The van der Waals surface area contributed by atoms with Crippen LogP contribution < -0.4 is 15.0 Å². The lowest BCUT2D eigenvalue weighted by Crippen LogP contribution is -2.29. The first kappa shape index (κ1) is 28.8. The molecule has 2 heterocycles. The highest BCUT2D eigenvalue weighted by molar-refractivity contribution is 8.19. The first-order valence-corrected chi connectivity index (χ1v) is 15.0. The van der Waals surface area contributed by atoms with Gasteiger partial charge >= 0.3 is 0 Å². The van der Waals surface area contributed by atoms with Crippen LogP contribution in [0, 0.1) is 0 Å². The number of hydrogen-bond donors (Lipinski definition) is 1. The summed E-state index contributed by atoms with van der Waals surface area (Å²) < 4.78 is 10.9. The standard InChI is InChI=1S/C31H32N4O4S2/c1-5-32-24-13-11-22(20(2)36)17-25(24)33-31-35(19-21-9-7-6-8-10-21)29(37)28(41-31)30-34(3)26-18-23(39-16-15-38-4)12-14-27(26)40-30/h6-14,17-18,32H,5,15-16,19H2,1-4H3. The molecular weight excluding hydrogens is 556 g/mol. The normalized spacial score (nSPS) is 17.4. The number of carbonyl (C=O) groups is 2. The molecule has 8 nitrogen and oxygen atoms in total. The Bertz CT molecular complexity index is 1520. The highest BCUT2D eigenvalue weighted by atomic mass is 32.2. The topological polar surface area (TPSA) is 83.5 Å². The molecule has 1 N–H and O–H groups in total.